The fourth-order valence-electron chi connectivity index (χ4n) is 3.19. The molecule has 2 fully saturated rings. The van der Waals surface area contributed by atoms with Crippen molar-refractivity contribution in [3.8, 4) is 0 Å². The minimum atomic E-state index is 0.168. The third kappa shape index (κ3) is 4.31. The van der Waals surface area contributed by atoms with E-state index in [1.807, 2.05) is 0 Å². The molecule has 0 amide bonds. The molecule has 1 atom stereocenters. The van der Waals surface area contributed by atoms with Gasteiger partial charge in [0.25, 0.3) is 0 Å². The Balaban J connectivity index is 1.62. The van der Waals surface area contributed by atoms with Gasteiger partial charge in [0.2, 0.25) is 0 Å². The number of nitrogens with zero attached hydrogens (tertiary/aromatic N) is 1. The molecule has 2 nitrogen and oxygen atoms in total. The van der Waals surface area contributed by atoms with E-state index in [1.54, 1.807) is 0 Å². The molecule has 0 radical (unpaired) electrons. The van der Waals surface area contributed by atoms with E-state index in [-0.39, 0.29) is 5.54 Å². The topological polar surface area (TPSA) is 29.3 Å². The second kappa shape index (κ2) is 6.50. The molecule has 2 heteroatoms. The van der Waals surface area contributed by atoms with Crippen LogP contribution in [0.25, 0.3) is 0 Å². The van der Waals surface area contributed by atoms with Crippen LogP contribution < -0.4 is 5.73 Å². The van der Waals surface area contributed by atoms with E-state index in [2.05, 4.69) is 42.2 Å². The summed E-state index contributed by atoms with van der Waals surface area (Å²) in [7, 11) is 0. The first-order valence-corrected chi connectivity index (χ1v) is 8.69. The minimum Gasteiger partial charge on any atom is -0.329 e. The van der Waals surface area contributed by atoms with E-state index in [4.69, 9.17) is 5.73 Å². The van der Waals surface area contributed by atoms with E-state index in [9.17, 15) is 0 Å². The predicted molar refractivity (Wildman–Crippen MR) is 89.2 cm³/mol. The molecule has 0 aromatic heterocycles. The van der Waals surface area contributed by atoms with Gasteiger partial charge in [-0.05, 0) is 62.8 Å². The predicted octanol–water partition coefficient (Wildman–Crippen LogP) is 3.46. The van der Waals surface area contributed by atoms with E-state index in [1.165, 1.54) is 50.8 Å². The molecule has 2 aliphatic carbocycles. The number of benzene rings is 1. The zero-order valence-corrected chi connectivity index (χ0v) is 13.4. The molecule has 0 aliphatic heterocycles. The van der Waals surface area contributed by atoms with Crippen molar-refractivity contribution < 1.29 is 0 Å². The van der Waals surface area contributed by atoms with Crippen molar-refractivity contribution in [3.05, 3.63) is 35.9 Å². The van der Waals surface area contributed by atoms with Crippen molar-refractivity contribution in [3.63, 3.8) is 0 Å². The molecule has 1 aromatic carbocycles. The monoisotopic (exact) mass is 286 g/mol. The van der Waals surface area contributed by atoms with Crippen LogP contribution in [0.4, 0.5) is 0 Å². The Morgan fingerprint density at radius 3 is 2.10 bits per heavy atom. The van der Waals surface area contributed by atoms with Gasteiger partial charge in [0.05, 0.1) is 0 Å². The Kier molecular flexibility index (Phi) is 4.66. The standard InChI is InChI=1S/C19H30N2/c1-19(15-20,12-11-16-5-3-2-4-6-16)21(13-17-7-8-17)14-18-9-10-18/h2-6,17-18H,7-15,20H2,1H3. The summed E-state index contributed by atoms with van der Waals surface area (Å²) in [4.78, 5) is 2.74. The van der Waals surface area contributed by atoms with Crippen molar-refractivity contribution in [1.29, 1.82) is 0 Å². The van der Waals surface area contributed by atoms with Crippen LogP contribution in [0.15, 0.2) is 30.3 Å². The molecule has 1 aromatic rings. The number of nitrogens with two attached hydrogens (primary N) is 1. The highest BCUT2D eigenvalue weighted by molar-refractivity contribution is 5.15. The molecule has 0 bridgehead atoms. The maximum atomic E-state index is 6.22. The summed E-state index contributed by atoms with van der Waals surface area (Å²) >= 11 is 0. The van der Waals surface area contributed by atoms with Crippen molar-refractivity contribution in [2.45, 2.75) is 51.0 Å². The van der Waals surface area contributed by atoms with Crippen LogP contribution in [0.2, 0.25) is 0 Å². The van der Waals surface area contributed by atoms with Gasteiger partial charge in [-0.3, -0.25) is 4.90 Å². The fourth-order valence-corrected chi connectivity index (χ4v) is 3.19. The highest BCUT2D eigenvalue weighted by atomic mass is 15.2. The molecular weight excluding hydrogens is 256 g/mol. The maximum Gasteiger partial charge on any atom is 0.0307 e. The van der Waals surface area contributed by atoms with Crippen LogP contribution in [0.3, 0.4) is 0 Å². The van der Waals surface area contributed by atoms with E-state index < -0.39 is 0 Å². The Labute approximate surface area is 129 Å². The van der Waals surface area contributed by atoms with Crippen LogP contribution in [-0.4, -0.2) is 30.1 Å². The van der Waals surface area contributed by atoms with Crippen molar-refractivity contribution in [2.75, 3.05) is 19.6 Å². The lowest BCUT2D eigenvalue weighted by atomic mass is 9.90. The van der Waals surface area contributed by atoms with Crippen molar-refractivity contribution in [2.24, 2.45) is 17.6 Å². The summed E-state index contributed by atoms with van der Waals surface area (Å²) in [5, 5.41) is 0. The van der Waals surface area contributed by atoms with Crippen molar-refractivity contribution in [1.82, 2.24) is 4.90 Å². The van der Waals surface area contributed by atoms with Gasteiger partial charge in [-0.1, -0.05) is 30.3 Å². The smallest absolute Gasteiger partial charge is 0.0307 e. The summed E-state index contributed by atoms with van der Waals surface area (Å²) in [6.45, 7) is 5.72. The van der Waals surface area contributed by atoms with Gasteiger partial charge in [0, 0.05) is 25.2 Å². The number of hydrogen-bond donors (Lipinski definition) is 1. The quantitative estimate of drug-likeness (QED) is 0.753. The minimum absolute atomic E-state index is 0.168. The average molecular weight is 286 g/mol. The van der Waals surface area contributed by atoms with Gasteiger partial charge in [0.1, 0.15) is 0 Å². The SMILES string of the molecule is CC(CN)(CCc1ccccc1)N(CC1CC1)CC1CC1. The van der Waals surface area contributed by atoms with Crippen LogP contribution >= 0.6 is 0 Å². The van der Waals surface area contributed by atoms with Gasteiger partial charge in [-0.2, -0.15) is 0 Å². The zero-order valence-electron chi connectivity index (χ0n) is 13.4. The normalized spacial score (nSPS) is 21.5. The summed E-state index contributed by atoms with van der Waals surface area (Å²) in [6.07, 6.45) is 8.04. The number of rotatable bonds is 9. The van der Waals surface area contributed by atoms with Crippen LogP contribution in [0.5, 0.6) is 0 Å². The average Bonchev–Trinajstić information content (AvgIpc) is 3.41. The second-order valence-electron chi connectivity index (χ2n) is 7.48. The molecule has 2 aliphatic rings. The van der Waals surface area contributed by atoms with Gasteiger partial charge in [0.15, 0.2) is 0 Å². The first-order chi connectivity index (χ1) is 10.2. The Morgan fingerprint density at radius 1 is 1.05 bits per heavy atom. The lowest BCUT2D eigenvalue weighted by Crippen LogP contribution is -2.53. The van der Waals surface area contributed by atoms with Crippen LogP contribution in [-0.2, 0) is 6.42 Å². The lowest BCUT2D eigenvalue weighted by molar-refractivity contribution is 0.0900. The first kappa shape index (κ1) is 15.1. The van der Waals surface area contributed by atoms with E-state index >= 15 is 0 Å². The first-order valence-electron chi connectivity index (χ1n) is 8.69. The van der Waals surface area contributed by atoms with Crippen LogP contribution in [0, 0.1) is 11.8 Å². The van der Waals surface area contributed by atoms with Gasteiger partial charge >= 0.3 is 0 Å². The van der Waals surface area contributed by atoms with Crippen molar-refractivity contribution >= 4 is 0 Å². The lowest BCUT2D eigenvalue weighted by Gasteiger charge is -2.41. The molecule has 21 heavy (non-hydrogen) atoms. The Morgan fingerprint density at radius 2 is 1.62 bits per heavy atom. The van der Waals surface area contributed by atoms with Crippen LogP contribution in [0.1, 0.15) is 44.6 Å². The highest BCUT2D eigenvalue weighted by Crippen LogP contribution is 2.37. The summed E-state index contributed by atoms with van der Waals surface area (Å²) in [6, 6.07) is 10.9. The number of aryl methyl sites for hydroxylation is 1. The zero-order chi connectivity index (χ0) is 14.7. The van der Waals surface area contributed by atoms with E-state index in [0.29, 0.717) is 0 Å². The Bertz CT molecular complexity index is 422. The van der Waals surface area contributed by atoms with Gasteiger partial charge in [-0.15, -0.1) is 0 Å². The Hall–Kier alpha value is -0.860. The molecule has 2 N–H and O–H groups in total. The van der Waals surface area contributed by atoms with Gasteiger partial charge in [-0.25, -0.2) is 0 Å². The van der Waals surface area contributed by atoms with E-state index in [0.717, 1.165) is 24.8 Å². The molecular formula is C19H30N2. The van der Waals surface area contributed by atoms with Gasteiger partial charge < -0.3 is 5.73 Å². The third-order valence-corrected chi connectivity index (χ3v) is 5.35. The summed E-state index contributed by atoms with van der Waals surface area (Å²) in [5.41, 5.74) is 7.83. The number of hydrogen-bond acceptors (Lipinski definition) is 2. The maximum absolute atomic E-state index is 6.22. The largest absolute Gasteiger partial charge is 0.329 e. The fraction of sp³-hybridized carbons (Fsp3) is 0.684. The molecule has 1 unspecified atom stereocenters. The molecule has 3 rings (SSSR count). The molecule has 0 spiro atoms. The highest BCUT2D eigenvalue weighted by Gasteiger charge is 2.37. The molecule has 116 valence electrons. The molecule has 0 heterocycles. The molecule has 2 saturated carbocycles. The summed E-state index contributed by atoms with van der Waals surface area (Å²) in [5.74, 6) is 1.90. The molecule has 0 saturated heterocycles. The second-order valence-corrected chi connectivity index (χ2v) is 7.48. The summed E-state index contributed by atoms with van der Waals surface area (Å²) < 4.78 is 0. The third-order valence-electron chi connectivity index (χ3n) is 5.35.